The Morgan fingerprint density at radius 3 is 2.84 bits per heavy atom. The number of hydrogen-bond acceptors (Lipinski definition) is 4. The van der Waals surface area contributed by atoms with Gasteiger partial charge in [-0.25, -0.2) is 4.98 Å². The molecule has 106 valence electrons. The first-order valence-corrected chi connectivity index (χ1v) is 8.07. The van der Waals surface area contributed by atoms with Gasteiger partial charge in [0.2, 0.25) is 0 Å². The van der Waals surface area contributed by atoms with Gasteiger partial charge in [0.25, 0.3) is 5.91 Å². The van der Waals surface area contributed by atoms with Crippen LogP contribution in [0, 0.1) is 0 Å². The number of nitrogens with zero attached hydrogens (tertiary/aromatic N) is 1. The Balaban J connectivity index is 2.39. The van der Waals surface area contributed by atoms with Crippen LogP contribution in [0.3, 0.4) is 0 Å². The average molecular weight is 302 g/mol. The lowest BCUT2D eigenvalue weighted by atomic mass is 10.2. The highest BCUT2D eigenvalue weighted by Gasteiger charge is 2.08. The van der Waals surface area contributed by atoms with Crippen molar-refractivity contribution in [3.05, 3.63) is 22.8 Å². The van der Waals surface area contributed by atoms with Crippen molar-refractivity contribution >= 4 is 35.1 Å². The van der Waals surface area contributed by atoms with Crippen molar-refractivity contribution in [1.29, 1.82) is 0 Å². The number of rotatable bonds is 8. The lowest BCUT2D eigenvalue weighted by molar-refractivity contribution is 0.0953. The smallest absolute Gasteiger partial charge is 0.251 e. The van der Waals surface area contributed by atoms with Gasteiger partial charge in [0.15, 0.2) is 0 Å². The molecule has 0 fully saturated rings. The summed E-state index contributed by atoms with van der Waals surface area (Å²) >= 11 is 7.71. The molecule has 0 aromatic carbocycles. The molecule has 0 atom stereocenters. The monoisotopic (exact) mass is 301 g/mol. The molecule has 4 nitrogen and oxygen atoms in total. The third-order valence-corrected chi connectivity index (χ3v) is 3.51. The third-order valence-electron chi connectivity index (χ3n) is 2.62. The number of hydrogen-bond donors (Lipinski definition) is 2. The Bertz CT molecular complexity index is 415. The molecule has 19 heavy (non-hydrogen) atoms. The fourth-order valence-electron chi connectivity index (χ4n) is 1.61. The zero-order valence-electron chi connectivity index (χ0n) is 11.3. The SMILES string of the molecule is CNc1cc(C(=O)NCCCCCSC)cc(Cl)n1. The minimum Gasteiger partial charge on any atom is -0.373 e. The highest BCUT2D eigenvalue weighted by Crippen LogP contribution is 2.14. The van der Waals surface area contributed by atoms with E-state index in [2.05, 4.69) is 21.9 Å². The topological polar surface area (TPSA) is 54.0 Å². The minimum atomic E-state index is -0.106. The summed E-state index contributed by atoms with van der Waals surface area (Å²) in [5.41, 5.74) is 0.536. The maximum atomic E-state index is 11.9. The summed E-state index contributed by atoms with van der Waals surface area (Å²) in [7, 11) is 1.74. The van der Waals surface area contributed by atoms with E-state index in [1.807, 2.05) is 11.8 Å². The Hall–Kier alpha value is -0.940. The lowest BCUT2D eigenvalue weighted by Gasteiger charge is -2.07. The van der Waals surface area contributed by atoms with Gasteiger partial charge in [0.1, 0.15) is 11.0 Å². The summed E-state index contributed by atoms with van der Waals surface area (Å²) in [6.45, 7) is 0.696. The van der Waals surface area contributed by atoms with E-state index in [-0.39, 0.29) is 5.91 Å². The summed E-state index contributed by atoms with van der Waals surface area (Å²) in [4.78, 5) is 16.0. The van der Waals surface area contributed by atoms with E-state index in [0.29, 0.717) is 23.1 Å². The average Bonchev–Trinajstić information content (AvgIpc) is 2.41. The number of aromatic nitrogens is 1. The molecule has 0 aliphatic rings. The zero-order chi connectivity index (χ0) is 14.1. The van der Waals surface area contributed by atoms with Gasteiger partial charge < -0.3 is 10.6 Å². The predicted molar refractivity (Wildman–Crippen MR) is 83.4 cm³/mol. The van der Waals surface area contributed by atoms with Crippen LogP contribution in [0.1, 0.15) is 29.6 Å². The highest BCUT2D eigenvalue weighted by molar-refractivity contribution is 7.98. The van der Waals surface area contributed by atoms with Crippen LogP contribution in [0.15, 0.2) is 12.1 Å². The molecular formula is C13H20ClN3OS. The first-order valence-electron chi connectivity index (χ1n) is 6.30. The maximum Gasteiger partial charge on any atom is 0.251 e. The molecule has 1 amide bonds. The molecule has 1 aromatic rings. The van der Waals surface area contributed by atoms with Crippen LogP contribution in [0.5, 0.6) is 0 Å². The van der Waals surface area contributed by atoms with Gasteiger partial charge in [0.05, 0.1) is 0 Å². The number of pyridine rings is 1. The summed E-state index contributed by atoms with van der Waals surface area (Å²) in [5, 5.41) is 6.09. The van der Waals surface area contributed by atoms with E-state index in [9.17, 15) is 4.79 Å². The molecule has 6 heteroatoms. The van der Waals surface area contributed by atoms with Crippen LogP contribution < -0.4 is 10.6 Å². The van der Waals surface area contributed by atoms with Gasteiger partial charge >= 0.3 is 0 Å². The number of thioether (sulfide) groups is 1. The first-order chi connectivity index (χ1) is 9.17. The minimum absolute atomic E-state index is 0.106. The summed E-state index contributed by atoms with van der Waals surface area (Å²) in [6.07, 6.45) is 5.44. The quantitative estimate of drug-likeness (QED) is 0.572. The molecule has 1 rings (SSSR count). The van der Waals surface area contributed by atoms with Crippen molar-refractivity contribution in [2.75, 3.05) is 30.9 Å². The molecule has 0 spiro atoms. The Kier molecular flexibility index (Phi) is 7.67. The van der Waals surface area contributed by atoms with Crippen molar-refractivity contribution in [2.45, 2.75) is 19.3 Å². The number of halogens is 1. The second kappa shape index (κ2) is 9.04. The Morgan fingerprint density at radius 1 is 1.37 bits per heavy atom. The fraction of sp³-hybridized carbons (Fsp3) is 0.538. The van der Waals surface area contributed by atoms with Crippen LogP contribution in [0.25, 0.3) is 0 Å². The second-order valence-electron chi connectivity index (χ2n) is 4.12. The van der Waals surface area contributed by atoms with Gasteiger partial charge in [-0.05, 0) is 37.0 Å². The largest absolute Gasteiger partial charge is 0.373 e. The van der Waals surface area contributed by atoms with E-state index in [4.69, 9.17) is 11.6 Å². The van der Waals surface area contributed by atoms with E-state index in [0.717, 1.165) is 12.8 Å². The third kappa shape index (κ3) is 6.16. The van der Waals surface area contributed by atoms with Crippen molar-refractivity contribution < 1.29 is 4.79 Å². The molecule has 0 saturated heterocycles. The van der Waals surface area contributed by atoms with Crippen LogP contribution in [-0.4, -0.2) is 36.5 Å². The van der Waals surface area contributed by atoms with Crippen molar-refractivity contribution in [1.82, 2.24) is 10.3 Å². The van der Waals surface area contributed by atoms with Gasteiger partial charge in [-0.3, -0.25) is 4.79 Å². The maximum absolute atomic E-state index is 11.9. The lowest BCUT2D eigenvalue weighted by Crippen LogP contribution is -2.24. The number of amides is 1. The molecule has 0 aliphatic heterocycles. The van der Waals surface area contributed by atoms with Crippen LogP contribution in [-0.2, 0) is 0 Å². The number of anilines is 1. The molecule has 0 aliphatic carbocycles. The standard InChI is InChI=1S/C13H20ClN3OS/c1-15-12-9-10(8-11(14)17-12)13(18)16-6-4-3-5-7-19-2/h8-9H,3-7H2,1-2H3,(H,15,17)(H,16,18). The number of carbonyl (C=O) groups excluding carboxylic acids is 1. The number of carbonyl (C=O) groups is 1. The first kappa shape index (κ1) is 16.1. The van der Waals surface area contributed by atoms with Gasteiger partial charge in [-0.1, -0.05) is 18.0 Å². The number of nitrogens with one attached hydrogen (secondary N) is 2. The summed E-state index contributed by atoms with van der Waals surface area (Å²) in [6, 6.07) is 3.26. The van der Waals surface area contributed by atoms with Crippen LogP contribution in [0.2, 0.25) is 5.15 Å². The summed E-state index contributed by atoms with van der Waals surface area (Å²) < 4.78 is 0. The van der Waals surface area contributed by atoms with Crippen molar-refractivity contribution in [3.63, 3.8) is 0 Å². The van der Waals surface area contributed by atoms with Gasteiger partial charge in [-0.15, -0.1) is 0 Å². The molecule has 0 unspecified atom stereocenters. The Labute approximate surface area is 123 Å². The molecule has 1 heterocycles. The molecule has 0 saturated carbocycles. The van der Waals surface area contributed by atoms with Crippen LogP contribution >= 0.6 is 23.4 Å². The Morgan fingerprint density at radius 2 is 2.16 bits per heavy atom. The molecule has 1 aromatic heterocycles. The highest BCUT2D eigenvalue weighted by atomic mass is 35.5. The van der Waals surface area contributed by atoms with Crippen molar-refractivity contribution in [2.24, 2.45) is 0 Å². The fourth-order valence-corrected chi connectivity index (χ4v) is 2.31. The van der Waals surface area contributed by atoms with Gasteiger partial charge in [-0.2, -0.15) is 11.8 Å². The normalized spacial score (nSPS) is 10.3. The number of unbranched alkanes of at least 4 members (excludes halogenated alkanes) is 2. The predicted octanol–water partition coefficient (Wildman–Crippen LogP) is 3.04. The van der Waals surface area contributed by atoms with Crippen LogP contribution in [0.4, 0.5) is 5.82 Å². The molecule has 2 N–H and O–H groups in total. The van der Waals surface area contributed by atoms with E-state index < -0.39 is 0 Å². The van der Waals surface area contributed by atoms with Crippen molar-refractivity contribution in [3.8, 4) is 0 Å². The van der Waals surface area contributed by atoms with E-state index in [1.165, 1.54) is 12.2 Å². The van der Waals surface area contributed by atoms with Gasteiger partial charge in [0, 0.05) is 19.2 Å². The van der Waals surface area contributed by atoms with E-state index in [1.54, 1.807) is 19.2 Å². The van der Waals surface area contributed by atoms with E-state index >= 15 is 0 Å². The molecule has 0 bridgehead atoms. The second-order valence-corrected chi connectivity index (χ2v) is 5.50. The summed E-state index contributed by atoms with van der Waals surface area (Å²) in [5.74, 6) is 1.67. The zero-order valence-corrected chi connectivity index (χ0v) is 12.9. The molecule has 0 radical (unpaired) electrons. The molecular weight excluding hydrogens is 282 g/mol.